The van der Waals surface area contributed by atoms with Gasteiger partial charge in [0, 0.05) is 19.4 Å². The molecule has 1 aromatic carbocycles. The van der Waals surface area contributed by atoms with Gasteiger partial charge in [-0.1, -0.05) is 43.2 Å². The zero-order valence-electron chi connectivity index (χ0n) is 14.3. The zero-order valence-corrected chi connectivity index (χ0v) is 14.3. The lowest BCUT2D eigenvalue weighted by Crippen LogP contribution is -2.25. The number of rotatable bonds is 14. The first-order valence-corrected chi connectivity index (χ1v) is 8.78. The molecule has 1 aromatic rings. The highest BCUT2D eigenvalue weighted by Crippen LogP contribution is 2.10. The van der Waals surface area contributed by atoms with Gasteiger partial charge >= 0.3 is 11.9 Å². The molecule has 0 heterocycles. The van der Waals surface area contributed by atoms with Crippen molar-refractivity contribution in [2.75, 3.05) is 13.1 Å². The molecule has 0 spiro atoms. The van der Waals surface area contributed by atoms with Gasteiger partial charge in [-0.25, -0.2) is 0 Å². The van der Waals surface area contributed by atoms with E-state index in [0.29, 0.717) is 0 Å². The Hall–Kier alpha value is -1.88. The Morgan fingerprint density at radius 2 is 1.25 bits per heavy atom. The minimum absolute atomic E-state index is 0.244. The number of benzene rings is 1. The number of unbranched alkanes of at least 4 members (excludes halogenated alkanes) is 4. The first-order chi connectivity index (χ1) is 11.6. The normalized spacial score (nSPS) is 10.9. The Morgan fingerprint density at radius 3 is 1.71 bits per heavy atom. The minimum atomic E-state index is -0.727. The largest absolute Gasteiger partial charge is 0.481 e. The van der Waals surface area contributed by atoms with Crippen LogP contribution in [-0.4, -0.2) is 40.1 Å². The van der Waals surface area contributed by atoms with Gasteiger partial charge in [-0.15, -0.1) is 0 Å². The fourth-order valence-corrected chi connectivity index (χ4v) is 2.69. The minimum Gasteiger partial charge on any atom is -0.481 e. The van der Waals surface area contributed by atoms with Crippen molar-refractivity contribution in [3.63, 3.8) is 0 Å². The van der Waals surface area contributed by atoms with Crippen LogP contribution in [0.15, 0.2) is 30.3 Å². The Balaban J connectivity index is 2.32. The summed E-state index contributed by atoms with van der Waals surface area (Å²) in [6.07, 6.45) is 5.79. The summed E-state index contributed by atoms with van der Waals surface area (Å²) < 4.78 is 0. The molecule has 0 saturated heterocycles. The van der Waals surface area contributed by atoms with E-state index in [1.165, 1.54) is 5.56 Å². The van der Waals surface area contributed by atoms with Gasteiger partial charge in [0.2, 0.25) is 0 Å². The van der Waals surface area contributed by atoms with E-state index in [1.807, 2.05) is 18.2 Å². The van der Waals surface area contributed by atoms with Crippen LogP contribution in [0.5, 0.6) is 0 Å². The molecule has 0 fully saturated rings. The predicted molar refractivity (Wildman–Crippen MR) is 93.9 cm³/mol. The highest BCUT2D eigenvalue weighted by Gasteiger charge is 2.07. The second-order valence-electron chi connectivity index (χ2n) is 6.17. The first kappa shape index (κ1) is 20.2. The second-order valence-corrected chi connectivity index (χ2v) is 6.17. The van der Waals surface area contributed by atoms with Gasteiger partial charge < -0.3 is 10.2 Å². The maximum Gasteiger partial charge on any atom is 0.303 e. The average Bonchev–Trinajstić information content (AvgIpc) is 2.54. The lowest BCUT2D eigenvalue weighted by atomic mass is 10.1. The summed E-state index contributed by atoms with van der Waals surface area (Å²) in [6.45, 7) is 2.79. The molecular formula is C19H29NO4. The molecular weight excluding hydrogens is 306 g/mol. The molecule has 0 aliphatic carbocycles. The van der Waals surface area contributed by atoms with E-state index < -0.39 is 11.9 Å². The summed E-state index contributed by atoms with van der Waals surface area (Å²) in [5, 5.41) is 17.3. The SMILES string of the molecule is O=C(O)CCCCCN(CCCCCC(=O)O)Cc1ccccc1. The standard InChI is InChI=1S/C19H29NO4/c21-18(22)12-6-2-8-14-20(15-9-3-7-13-19(23)24)16-17-10-4-1-5-11-17/h1,4-5,10-11H,2-3,6-9,12-16H2,(H,21,22)(H,23,24). The molecule has 0 aliphatic rings. The summed E-state index contributed by atoms with van der Waals surface area (Å²) >= 11 is 0. The number of aliphatic carboxylic acids is 2. The van der Waals surface area contributed by atoms with Crippen molar-refractivity contribution in [3.05, 3.63) is 35.9 Å². The molecule has 5 heteroatoms. The van der Waals surface area contributed by atoms with Crippen LogP contribution in [0.4, 0.5) is 0 Å². The van der Waals surface area contributed by atoms with Crippen LogP contribution in [0, 0.1) is 0 Å². The number of carboxylic acids is 2. The summed E-state index contributed by atoms with van der Waals surface area (Å²) in [5.41, 5.74) is 1.27. The molecule has 0 radical (unpaired) electrons. The summed E-state index contributed by atoms with van der Waals surface area (Å²) in [7, 11) is 0. The van der Waals surface area contributed by atoms with E-state index in [4.69, 9.17) is 10.2 Å². The van der Waals surface area contributed by atoms with Gasteiger partial charge in [-0.2, -0.15) is 0 Å². The maximum atomic E-state index is 10.5. The van der Waals surface area contributed by atoms with Gasteiger partial charge in [0.15, 0.2) is 0 Å². The predicted octanol–water partition coefficient (Wildman–Crippen LogP) is 3.78. The molecule has 0 aliphatic heterocycles. The molecule has 0 amide bonds. The number of nitrogens with zero attached hydrogens (tertiary/aromatic N) is 1. The highest BCUT2D eigenvalue weighted by atomic mass is 16.4. The van der Waals surface area contributed by atoms with Gasteiger partial charge in [0.1, 0.15) is 0 Å². The van der Waals surface area contributed by atoms with Crippen LogP contribution in [0.25, 0.3) is 0 Å². The smallest absolute Gasteiger partial charge is 0.303 e. The highest BCUT2D eigenvalue weighted by molar-refractivity contribution is 5.66. The lowest BCUT2D eigenvalue weighted by molar-refractivity contribution is -0.138. The molecule has 0 aromatic heterocycles. The van der Waals surface area contributed by atoms with E-state index in [1.54, 1.807) is 0 Å². The Morgan fingerprint density at radius 1 is 0.750 bits per heavy atom. The Kier molecular flexibility index (Phi) is 10.5. The third-order valence-corrected chi connectivity index (χ3v) is 3.98. The summed E-state index contributed by atoms with van der Waals surface area (Å²) in [6, 6.07) is 10.3. The van der Waals surface area contributed by atoms with Gasteiger partial charge in [-0.3, -0.25) is 14.5 Å². The number of hydrogen-bond donors (Lipinski definition) is 2. The molecule has 0 atom stereocenters. The third-order valence-electron chi connectivity index (χ3n) is 3.98. The van der Waals surface area contributed by atoms with Crippen LogP contribution < -0.4 is 0 Å². The van der Waals surface area contributed by atoms with Crippen LogP contribution >= 0.6 is 0 Å². The monoisotopic (exact) mass is 335 g/mol. The van der Waals surface area contributed by atoms with Crippen molar-refractivity contribution in [1.29, 1.82) is 0 Å². The molecule has 24 heavy (non-hydrogen) atoms. The van der Waals surface area contributed by atoms with Crippen molar-refractivity contribution < 1.29 is 19.8 Å². The summed E-state index contributed by atoms with van der Waals surface area (Å²) in [4.78, 5) is 23.5. The molecule has 5 nitrogen and oxygen atoms in total. The van der Waals surface area contributed by atoms with Crippen LogP contribution in [0.3, 0.4) is 0 Å². The second kappa shape index (κ2) is 12.5. The van der Waals surface area contributed by atoms with Crippen molar-refractivity contribution >= 4 is 11.9 Å². The fraction of sp³-hybridized carbons (Fsp3) is 0.579. The molecule has 0 bridgehead atoms. The van der Waals surface area contributed by atoms with Gasteiger partial charge in [0.25, 0.3) is 0 Å². The van der Waals surface area contributed by atoms with E-state index in [-0.39, 0.29) is 12.8 Å². The zero-order chi connectivity index (χ0) is 17.6. The number of carboxylic acid groups (broad SMARTS) is 2. The third kappa shape index (κ3) is 10.8. The van der Waals surface area contributed by atoms with Crippen molar-refractivity contribution in [2.24, 2.45) is 0 Å². The number of carbonyl (C=O) groups is 2. The molecule has 134 valence electrons. The maximum absolute atomic E-state index is 10.5. The van der Waals surface area contributed by atoms with Crippen LogP contribution in [0.2, 0.25) is 0 Å². The van der Waals surface area contributed by atoms with E-state index >= 15 is 0 Å². The van der Waals surface area contributed by atoms with Crippen molar-refractivity contribution in [1.82, 2.24) is 4.90 Å². The van der Waals surface area contributed by atoms with E-state index in [2.05, 4.69) is 17.0 Å². The first-order valence-electron chi connectivity index (χ1n) is 8.78. The van der Waals surface area contributed by atoms with Gasteiger partial charge in [-0.05, 0) is 44.3 Å². The van der Waals surface area contributed by atoms with Crippen LogP contribution in [-0.2, 0) is 16.1 Å². The Bertz CT molecular complexity index is 452. The molecule has 0 saturated carbocycles. The van der Waals surface area contributed by atoms with Crippen molar-refractivity contribution in [3.8, 4) is 0 Å². The van der Waals surface area contributed by atoms with Crippen LogP contribution in [0.1, 0.15) is 56.9 Å². The average molecular weight is 335 g/mol. The number of hydrogen-bond acceptors (Lipinski definition) is 3. The fourth-order valence-electron chi connectivity index (χ4n) is 2.69. The molecule has 1 rings (SSSR count). The van der Waals surface area contributed by atoms with E-state index in [0.717, 1.165) is 58.2 Å². The lowest BCUT2D eigenvalue weighted by Gasteiger charge is -2.22. The van der Waals surface area contributed by atoms with Crippen molar-refractivity contribution in [2.45, 2.75) is 57.9 Å². The molecule has 2 N–H and O–H groups in total. The van der Waals surface area contributed by atoms with Gasteiger partial charge in [0.05, 0.1) is 0 Å². The Labute approximate surface area is 144 Å². The molecule has 0 unspecified atom stereocenters. The topological polar surface area (TPSA) is 77.8 Å². The van der Waals surface area contributed by atoms with E-state index in [9.17, 15) is 9.59 Å². The quantitative estimate of drug-likeness (QED) is 0.506. The summed E-state index contributed by atoms with van der Waals surface area (Å²) in [5.74, 6) is -1.45.